The molecule has 0 aromatic rings. The molecule has 0 N–H and O–H groups in total. The highest BCUT2D eigenvalue weighted by Crippen LogP contribution is 1.98. The summed E-state index contributed by atoms with van der Waals surface area (Å²) in [4.78, 5) is 2.46. The number of rotatable bonds is 4. The number of hydrogen-bond donors (Lipinski definition) is 0. The van der Waals surface area contributed by atoms with E-state index < -0.39 is 0 Å². The molecule has 1 atom stereocenters. The van der Waals surface area contributed by atoms with Crippen LogP contribution in [0.2, 0.25) is 0 Å². The third kappa shape index (κ3) is 4.50. The average molecular weight is 207 g/mol. The zero-order valence-corrected chi connectivity index (χ0v) is 9.25. The monoisotopic (exact) mass is 207 g/mol. The molecule has 0 radical (unpaired) electrons. The van der Waals surface area contributed by atoms with Gasteiger partial charge in [0.15, 0.2) is 0 Å². The molecule has 4 heteroatoms. The van der Waals surface area contributed by atoms with Gasteiger partial charge in [-0.3, -0.25) is 4.90 Å². The van der Waals surface area contributed by atoms with Crippen LogP contribution in [0.1, 0.15) is 6.42 Å². The van der Waals surface area contributed by atoms with E-state index in [1.807, 2.05) is 0 Å². The molecule has 1 rings (SSSR count). The molecule has 0 spiro atoms. The summed E-state index contributed by atoms with van der Waals surface area (Å²) < 4.78 is 5.27. The van der Waals surface area contributed by atoms with E-state index in [1.54, 1.807) is 0 Å². The Balaban J connectivity index is 2.01. The molecule has 0 saturated carbocycles. The molecule has 1 aliphatic rings. The van der Waals surface area contributed by atoms with Gasteiger partial charge in [0.2, 0.25) is 0 Å². The van der Waals surface area contributed by atoms with Gasteiger partial charge in [0.05, 0.1) is 13.2 Å². The zero-order valence-electron chi connectivity index (χ0n) is 7.62. The maximum Gasteiger partial charge on any atom is 0.0594 e. The molecule has 0 aromatic heterocycles. The molecule has 12 heavy (non-hydrogen) atoms. The maximum atomic E-state index is 5.27. The lowest BCUT2D eigenvalue weighted by Gasteiger charge is -2.26. The third-order valence-corrected chi connectivity index (χ3v) is 3.37. The van der Waals surface area contributed by atoms with Crippen molar-refractivity contribution in [3.8, 4) is 0 Å². The molecule has 0 amide bonds. The Hall–Kier alpha value is 0.490. The van der Waals surface area contributed by atoms with Gasteiger partial charge in [-0.15, -0.1) is 9.45 Å². The number of nitrogens with zero attached hydrogens (tertiary/aromatic N) is 1. The molecule has 1 heterocycles. The summed E-state index contributed by atoms with van der Waals surface area (Å²) in [6.07, 6.45) is 3.39. The van der Waals surface area contributed by atoms with Crippen molar-refractivity contribution >= 4 is 20.6 Å². The summed E-state index contributed by atoms with van der Waals surface area (Å²) in [7, 11) is 0.206. The second-order valence-corrected chi connectivity index (χ2v) is 6.35. The Morgan fingerprint density at radius 2 is 2.08 bits per heavy atom. The minimum Gasteiger partial charge on any atom is -0.379 e. The summed E-state index contributed by atoms with van der Waals surface area (Å²) in [5, 5.41) is 0. The van der Waals surface area contributed by atoms with Crippen molar-refractivity contribution in [2.45, 2.75) is 6.42 Å². The fraction of sp³-hybridized carbons (Fsp3) is 1.00. The van der Waals surface area contributed by atoms with Gasteiger partial charge in [-0.25, -0.2) is 0 Å². The van der Waals surface area contributed by atoms with Crippen molar-refractivity contribution in [1.29, 1.82) is 0 Å². The number of morpholine rings is 1. The van der Waals surface area contributed by atoms with Crippen LogP contribution in [-0.2, 0) is 25.4 Å². The lowest BCUT2D eigenvalue weighted by Crippen LogP contribution is -2.37. The fourth-order valence-corrected chi connectivity index (χ4v) is 2.21. The first-order valence-electron chi connectivity index (χ1n) is 4.39. The second kappa shape index (κ2) is 6.02. The van der Waals surface area contributed by atoms with Crippen molar-refractivity contribution in [1.82, 2.24) is 4.90 Å². The van der Waals surface area contributed by atoms with Crippen LogP contribution in [0, 0.1) is 0 Å². The van der Waals surface area contributed by atoms with E-state index in [0.717, 1.165) is 26.3 Å². The Morgan fingerprint density at radius 1 is 1.42 bits per heavy atom. The molecule has 1 fully saturated rings. The summed E-state index contributed by atoms with van der Waals surface area (Å²) >= 11 is 5.13. The normalized spacial score (nSPS) is 22.4. The first kappa shape index (κ1) is 10.6. The van der Waals surface area contributed by atoms with Gasteiger partial charge >= 0.3 is 0 Å². The van der Waals surface area contributed by atoms with Crippen LogP contribution in [0.3, 0.4) is 0 Å². The second-order valence-electron chi connectivity index (χ2n) is 3.08. The molecule has 72 valence electrons. The van der Waals surface area contributed by atoms with Crippen molar-refractivity contribution in [2.75, 3.05) is 44.9 Å². The summed E-state index contributed by atoms with van der Waals surface area (Å²) in [6.45, 7) is 5.23. The Labute approximate surface area is 81.9 Å². The van der Waals surface area contributed by atoms with E-state index in [0.29, 0.717) is 0 Å². The molecular weight excluding hydrogens is 190 g/mol. The zero-order chi connectivity index (χ0) is 8.81. The fourth-order valence-electron chi connectivity index (χ4n) is 1.32. The largest absolute Gasteiger partial charge is 0.379 e. The Morgan fingerprint density at radius 3 is 2.67 bits per heavy atom. The highest BCUT2D eigenvalue weighted by atomic mass is 32.8. The highest BCUT2D eigenvalue weighted by Gasteiger charge is 2.08. The first-order chi connectivity index (χ1) is 5.79. The van der Waals surface area contributed by atoms with E-state index in [9.17, 15) is 0 Å². The molecule has 0 aliphatic carbocycles. The molecule has 0 aromatic carbocycles. The van der Waals surface area contributed by atoms with Gasteiger partial charge < -0.3 is 4.74 Å². The van der Waals surface area contributed by atoms with E-state index in [2.05, 4.69) is 11.2 Å². The minimum absolute atomic E-state index is 0.206. The lowest BCUT2D eigenvalue weighted by molar-refractivity contribution is 0.0381. The minimum atomic E-state index is 0.206. The van der Waals surface area contributed by atoms with Crippen LogP contribution in [0.5, 0.6) is 0 Å². The third-order valence-electron chi connectivity index (χ3n) is 2.01. The topological polar surface area (TPSA) is 12.5 Å². The van der Waals surface area contributed by atoms with Gasteiger partial charge in [-0.05, 0) is 25.0 Å². The van der Waals surface area contributed by atoms with Gasteiger partial charge in [-0.1, -0.05) is 11.2 Å². The van der Waals surface area contributed by atoms with Crippen LogP contribution >= 0.6 is 0 Å². The van der Waals surface area contributed by atoms with Crippen LogP contribution < -0.4 is 0 Å². The van der Waals surface area contributed by atoms with Crippen molar-refractivity contribution in [3.05, 3.63) is 0 Å². The molecule has 1 aliphatic heterocycles. The lowest BCUT2D eigenvalue weighted by atomic mass is 10.4. The van der Waals surface area contributed by atoms with E-state index in [4.69, 9.17) is 15.9 Å². The van der Waals surface area contributed by atoms with Crippen LogP contribution in [-0.4, -0.2) is 49.8 Å². The molecule has 0 bridgehead atoms. The SMILES string of the molecule is CS(=S)CCCN1CCOCC1. The predicted molar refractivity (Wildman–Crippen MR) is 57.4 cm³/mol. The van der Waals surface area contributed by atoms with Crippen molar-refractivity contribution in [2.24, 2.45) is 0 Å². The summed E-state index contributed by atoms with van der Waals surface area (Å²) in [6, 6.07) is 0. The molecule has 1 saturated heterocycles. The standard InChI is InChI=1S/C8H17NOS2/c1-12(11)8-2-3-9-4-6-10-7-5-9/h2-8H2,1H3. The van der Waals surface area contributed by atoms with E-state index in [1.165, 1.54) is 18.7 Å². The Kier molecular flexibility index (Phi) is 5.30. The number of ether oxygens (including phenoxy) is 1. The summed E-state index contributed by atoms with van der Waals surface area (Å²) in [5.41, 5.74) is 0. The Bertz CT molecular complexity index is 146. The number of hydrogen-bond acceptors (Lipinski definition) is 3. The van der Waals surface area contributed by atoms with Crippen LogP contribution in [0.15, 0.2) is 0 Å². The smallest absolute Gasteiger partial charge is 0.0594 e. The maximum absolute atomic E-state index is 5.27. The first-order valence-corrected chi connectivity index (χ1v) is 7.12. The predicted octanol–water partition coefficient (Wildman–Crippen LogP) is 0.419. The van der Waals surface area contributed by atoms with Gasteiger partial charge in [-0.2, -0.15) is 0 Å². The van der Waals surface area contributed by atoms with Crippen molar-refractivity contribution < 1.29 is 4.74 Å². The van der Waals surface area contributed by atoms with Crippen molar-refractivity contribution in [3.63, 3.8) is 0 Å². The van der Waals surface area contributed by atoms with Gasteiger partial charge in [0.1, 0.15) is 0 Å². The van der Waals surface area contributed by atoms with Crippen LogP contribution in [0.4, 0.5) is 0 Å². The van der Waals surface area contributed by atoms with Crippen LogP contribution in [0.25, 0.3) is 0 Å². The summed E-state index contributed by atoms with van der Waals surface area (Å²) in [5.74, 6) is 1.20. The van der Waals surface area contributed by atoms with E-state index >= 15 is 0 Å². The highest BCUT2D eigenvalue weighted by molar-refractivity contribution is 8.28. The molecule has 1 unspecified atom stereocenters. The molecular formula is C8H17NOS2. The average Bonchev–Trinajstić information content (AvgIpc) is 2.05. The molecule has 2 nitrogen and oxygen atoms in total. The van der Waals surface area contributed by atoms with Gasteiger partial charge in [0, 0.05) is 13.1 Å². The van der Waals surface area contributed by atoms with Gasteiger partial charge in [0.25, 0.3) is 0 Å². The van der Waals surface area contributed by atoms with E-state index in [-0.39, 0.29) is 9.45 Å². The quantitative estimate of drug-likeness (QED) is 0.663.